The molecule has 0 saturated carbocycles. The number of rotatable bonds is 3. The highest BCUT2D eigenvalue weighted by molar-refractivity contribution is 9.10. The molecule has 0 unspecified atom stereocenters. The fourth-order valence-corrected chi connectivity index (χ4v) is 1.95. The molecule has 21 heavy (non-hydrogen) atoms. The van der Waals surface area contributed by atoms with E-state index in [9.17, 15) is 18.0 Å². The molecule has 1 aromatic carbocycles. The van der Waals surface area contributed by atoms with E-state index in [-0.39, 0.29) is 12.2 Å². The van der Waals surface area contributed by atoms with Gasteiger partial charge in [0.1, 0.15) is 6.54 Å². The monoisotopic (exact) mass is 362 g/mol. The zero-order valence-corrected chi connectivity index (χ0v) is 12.1. The molecule has 112 valence electrons. The molecule has 0 aliphatic heterocycles. The fraction of sp³-hybridized carbons (Fsp3) is 0.167. The molecule has 0 saturated heterocycles. The van der Waals surface area contributed by atoms with Crippen molar-refractivity contribution in [1.29, 1.82) is 0 Å². The highest BCUT2D eigenvalue weighted by Crippen LogP contribution is 2.33. The van der Waals surface area contributed by atoms with E-state index < -0.39 is 17.6 Å². The third-order valence-electron chi connectivity index (χ3n) is 2.53. The van der Waals surface area contributed by atoms with E-state index in [0.29, 0.717) is 10.2 Å². The Hall–Kier alpha value is -2.03. The van der Waals surface area contributed by atoms with Crippen molar-refractivity contribution >= 4 is 33.2 Å². The summed E-state index contributed by atoms with van der Waals surface area (Å²) in [4.78, 5) is 11.8. The van der Waals surface area contributed by atoms with Gasteiger partial charge in [0.25, 0.3) is 0 Å². The lowest BCUT2D eigenvalue weighted by Crippen LogP contribution is -2.19. The Morgan fingerprint density at radius 3 is 2.71 bits per heavy atom. The first kappa shape index (κ1) is 15.4. The molecule has 0 radical (unpaired) electrons. The van der Waals surface area contributed by atoms with E-state index in [1.54, 1.807) is 0 Å². The molecule has 0 aliphatic rings. The molecular weight excluding hydrogens is 353 g/mol. The predicted molar refractivity (Wildman–Crippen MR) is 74.4 cm³/mol. The predicted octanol–water partition coefficient (Wildman–Crippen LogP) is 2.89. The maximum Gasteiger partial charge on any atom is 0.416 e. The van der Waals surface area contributed by atoms with Crippen molar-refractivity contribution in [3.05, 3.63) is 40.6 Å². The van der Waals surface area contributed by atoms with Crippen LogP contribution in [0.25, 0.3) is 0 Å². The third kappa shape index (κ3) is 3.97. The van der Waals surface area contributed by atoms with Crippen LogP contribution in [0, 0.1) is 0 Å². The SMILES string of the molecule is Nc1cnn(CC(=O)Nc2cc(C(F)(F)F)ccc2Br)c1. The molecule has 0 atom stereocenters. The molecule has 1 aromatic heterocycles. The Morgan fingerprint density at radius 1 is 1.43 bits per heavy atom. The molecule has 3 N–H and O–H groups in total. The van der Waals surface area contributed by atoms with E-state index in [2.05, 4.69) is 26.3 Å². The fourth-order valence-electron chi connectivity index (χ4n) is 1.60. The Labute approximate surface area is 126 Å². The van der Waals surface area contributed by atoms with Gasteiger partial charge in [0.05, 0.1) is 23.1 Å². The smallest absolute Gasteiger partial charge is 0.396 e. The van der Waals surface area contributed by atoms with Gasteiger partial charge in [0.2, 0.25) is 5.91 Å². The number of carbonyl (C=O) groups excluding carboxylic acids is 1. The minimum Gasteiger partial charge on any atom is -0.396 e. The average Bonchev–Trinajstić information content (AvgIpc) is 2.76. The molecule has 0 aliphatic carbocycles. The maximum absolute atomic E-state index is 12.6. The zero-order valence-electron chi connectivity index (χ0n) is 10.5. The molecule has 2 aromatic rings. The average molecular weight is 363 g/mol. The molecule has 0 bridgehead atoms. The summed E-state index contributed by atoms with van der Waals surface area (Å²) in [7, 11) is 0. The lowest BCUT2D eigenvalue weighted by Gasteiger charge is -2.11. The van der Waals surface area contributed by atoms with Crippen LogP contribution in [0.4, 0.5) is 24.5 Å². The summed E-state index contributed by atoms with van der Waals surface area (Å²) >= 11 is 3.09. The largest absolute Gasteiger partial charge is 0.416 e. The number of aromatic nitrogens is 2. The number of halogens is 4. The molecule has 0 spiro atoms. The Bertz CT molecular complexity index is 669. The Balaban J connectivity index is 2.13. The Kier molecular flexibility index (Phi) is 4.21. The normalized spacial score (nSPS) is 11.4. The van der Waals surface area contributed by atoms with E-state index in [4.69, 9.17) is 5.73 Å². The Morgan fingerprint density at radius 2 is 2.14 bits per heavy atom. The molecule has 0 fully saturated rings. The quantitative estimate of drug-likeness (QED) is 0.881. The minimum atomic E-state index is -4.48. The van der Waals surface area contributed by atoms with Crippen molar-refractivity contribution in [3.63, 3.8) is 0 Å². The summed E-state index contributed by atoms with van der Waals surface area (Å²) < 4.78 is 39.5. The molecular formula is C12H10BrF3N4O. The number of benzene rings is 1. The van der Waals surface area contributed by atoms with Crippen LogP contribution in [0.3, 0.4) is 0 Å². The van der Waals surface area contributed by atoms with Crippen LogP contribution in [0.2, 0.25) is 0 Å². The number of nitrogens with one attached hydrogen (secondary N) is 1. The standard InChI is InChI=1S/C12H10BrF3N4O/c13-9-2-1-7(12(14,15)16)3-10(9)19-11(21)6-20-5-8(17)4-18-20/h1-5H,6,17H2,(H,19,21). The van der Waals surface area contributed by atoms with E-state index >= 15 is 0 Å². The van der Waals surface area contributed by atoms with Crippen LogP contribution in [0.1, 0.15) is 5.56 Å². The molecule has 5 nitrogen and oxygen atoms in total. The second-order valence-corrected chi connectivity index (χ2v) is 5.07. The number of nitrogen functional groups attached to an aromatic ring is 1. The van der Waals surface area contributed by atoms with Gasteiger partial charge >= 0.3 is 6.18 Å². The number of nitrogens with zero attached hydrogens (tertiary/aromatic N) is 2. The van der Waals surface area contributed by atoms with Crippen molar-refractivity contribution in [2.24, 2.45) is 0 Å². The summed E-state index contributed by atoms with van der Waals surface area (Å²) in [5, 5.41) is 6.21. The van der Waals surface area contributed by atoms with E-state index in [1.165, 1.54) is 23.1 Å². The van der Waals surface area contributed by atoms with Gasteiger partial charge in [-0.3, -0.25) is 9.48 Å². The summed E-state index contributed by atoms with van der Waals surface area (Å²) in [6, 6.07) is 3.01. The number of alkyl halides is 3. The lowest BCUT2D eigenvalue weighted by atomic mass is 10.2. The van der Waals surface area contributed by atoms with Crippen molar-refractivity contribution in [1.82, 2.24) is 9.78 Å². The van der Waals surface area contributed by atoms with Crippen molar-refractivity contribution < 1.29 is 18.0 Å². The minimum absolute atomic E-state index is 0.0370. The molecule has 1 heterocycles. The summed E-state index contributed by atoms with van der Waals surface area (Å²) in [5.41, 5.74) is 5.04. The zero-order chi connectivity index (χ0) is 15.6. The molecule has 2 rings (SSSR count). The summed E-state index contributed by atoms with van der Waals surface area (Å²) in [6.07, 6.45) is -1.66. The second kappa shape index (κ2) is 5.76. The maximum atomic E-state index is 12.6. The number of anilines is 2. The topological polar surface area (TPSA) is 72.9 Å². The van der Waals surface area contributed by atoms with Crippen molar-refractivity contribution in [3.8, 4) is 0 Å². The van der Waals surface area contributed by atoms with Gasteiger partial charge in [-0.05, 0) is 34.1 Å². The summed E-state index contributed by atoms with van der Waals surface area (Å²) in [6.45, 7) is -0.153. The van der Waals surface area contributed by atoms with Gasteiger partial charge in [0.15, 0.2) is 0 Å². The first-order chi connectivity index (χ1) is 9.75. The number of hydrogen-bond donors (Lipinski definition) is 2. The van der Waals surface area contributed by atoms with Crippen molar-refractivity contribution in [2.75, 3.05) is 11.1 Å². The van der Waals surface area contributed by atoms with Crippen molar-refractivity contribution in [2.45, 2.75) is 12.7 Å². The van der Waals surface area contributed by atoms with Gasteiger partial charge in [0, 0.05) is 10.7 Å². The highest BCUT2D eigenvalue weighted by atomic mass is 79.9. The highest BCUT2D eigenvalue weighted by Gasteiger charge is 2.31. The third-order valence-corrected chi connectivity index (χ3v) is 3.22. The number of nitrogens with two attached hydrogens (primary N) is 1. The summed E-state index contributed by atoms with van der Waals surface area (Å²) in [5.74, 6) is -0.516. The number of hydrogen-bond acceptors (Lipinski definition) is 3. The molecule has 1 amide bonds. The van der Waals surface area contributed by atoms with Gasteiger partial charge in [-0.1, -0.05) is 0 Å². The van der Waals surface area contributed by atoms with Crippen LogP contribution < -0.4 is 11.1 Å². The van der Waals surface area contributed by atoms with Crippen LogP contribution in [-0.4, -0.2) is 15.7 Å². The first-order valence-corrected chi connectivity index (χ1v) is 6.49. The number of amides is 1. The lowest BCUT2D eigenvalue weighted by molar-refractivity contribution is -0.137. The van der Waals surface area contributed by atoms with Crippen LogP contribution in [-0.2, 0) is 17.5 Å². The van der Waals surface area contributed by atoms with Gasteiger partial charge in [-0.25, -0.2) is 0 Å². The van der Waals surface area contributed by atoms with Crippen LogP contribution >= 0.6 is 15.9 Å². The van der Waals surface area contributed by atoms with E-state index in [1.807, 2.05) is 0 Å². The van der Waals surface area contributed by atoms with Gasteiger partial charge in [-0.2, -0.15) is 18.3 Å². The van der Waals surface area contributed by atoms with Crippen LogP contribution in [0.5, 0.6) is 0 Å². The van der Waals surface area contributed by atoms with E-state index in [0.717, 1.165) is 12.1 Å². The second-order valence-electron chi connectivity index (χ2n) is 4.21. The number of carbonyl (C=O) groups is 1. The molecule has 9 heteroatoms. The van der Waals surface area contributed by atoms with Gasteiger partial charge < -0.3 is 11.1 Å². The first-order valence-electron chi connectivity index (χ1n) is 5.70. The van der Waals surface area contributed by atoms with Crippen LogP contribution in [0.15, 0.2) is 35.1 Å². The van der Waals surface area contributed by atoms with Gasteiger partial charge in [-0.15, -0.1) is 0 Å².